The van der Waals surface area contributed by atoms with Gasteiger partial charge >= 0.3 is 12.1 Å². The van der Waals surface area contributed by atoms with Crippen molar-refractivity contribution >= 4 is 11.9 Å². The van der Waals surface area contributed by atoms with Gasteiger partial charge in [0.1, 0.15) is 0 Å². The molecule has 1 spiro atoms. The minimum absolute atomic E-state index is 0.0409. The van der Waals surface area contributed by atoms with Crippen molar-refractivity contribution in [2.24, 2.45) is 0 Å². The Bertz CT molecular complexity index is 881. The highest BCUT2D eigenvalue weighted by Crippen LogP contribution is 2.37. The van der Waals surface area contributed by atoms with E-state index in [1.54, 1.807) is 18.3 Å². The first-order valence-corrected chi connectivity index (χ1v) is 9.97. The number of carbonyl (C=O) groups excluding carboxylic acids is 1. The van der Waals surface area contributed by atoms with Gasteiger partial charge in [-0.1, -0.05) is 6.07 Å². The van der Waals surface area contributed by atoms with Crippen LogP contribution in [0, 0.1) is 0 Å². The number of ether oxygens (including phenoxy) is 2. The number of carbonyl (C=O) groups is 2. The number of pyridine rings is 1. The molecule has 4 rings (SSSR count). The van der Waals surface area contributed by atoms with E-state index >= 15 is 0 Å². The van der Waals surface area contributed by atoms with Crippen LogP contribution in [0.15, 0.2) is 47.2 Å². The molecule has 0 aromatic carbocycles. The second-order valence-corrected chi connectivity index (χ2v) is 7.52. The third-order valence-electron chi connectivity index (χ3n) is 5.30. The Kier molecular flexibility index (Phi) is 7.52. The number of rotatable bonds is 4. The van der Waals surface area contributed by atoms with Crippen molar-refractivity contribution in [1.82, 2.24) is 9.88 Å². The number of carboxylic acids is 1. The van der Waals surface area contributed by atoms with Crippen molar-refractivity contribution in [3.63, 3.8) is 0 Å². The lowest BCUT2D eigenvalue weighted by Gasteiger charge is -2.38. The number of carboxylic acid groups (broad SMARTS) is 1. The average molecular weight is 456 g/mol. The molecule has 8 nitrogen and oxygen atoms in total. The lowest BCUT2D eigenvalue weighted by atomic mass is 9.88. The summed E-state index contributed by atoms with van der Waals surface area (Å²) in [6.07, 6.45) is 0.864. The number of amides is 1. The molecule has 2 fully saturated rings. The van der Waals surface area contributed by atoms with E-state index in [0.29, 0.717) is 32.1 Å². The van der Waals surface area contributed by atoms with Crippen molar-refractivity contribution < 1.29 is 41.8 Å². The predicted molar refractivity (Wildman–Crippen MR) is 104 cm³/mol. The van der Waals surface area contributed by atoms with Gasteiger partial charge in [-0.3, -0.25) is 9.78 Å². The van der Waals surface area contributed by atoms with Crippen LogP contribution in [0.3, 0.4) is 0 Å². The van der Waals surface area contributed by atoms with E-state index < -0.39 is 12.1 Å². The van der Waals surface area contributed by atoms with Crippen LogP contribution < -0.4 is 0 Å². The summed E-state index contributed by atoms with van der Waals surface area (Å²) in [5, 5.41) is 7.12. The highest BCUT2D eigenvalue weighted by atomic mass is 19.4. The van der Waals surface area contributed by atoms with E-state index in [1.165, 1.54) is 6.26 Å². The zero-order valence-electron chi connectivity index (χ0n) is 17.1. The van der Waals surface area contributed by atoms with Crippen LogP contribution in [0.25, 0.3) is 0 Å². The lowest BCUT2D eigenvalue weighted by molar-refractivity contribution is -0.192. The first-order chi connectivity index (χ1) is 15.2. The monoisotopic (exact) mass is 456 g/mol. The zero-order chi connectivity index (χ0) is 23.2. The summed E-state index contributed by atoms with van der Waals surface area (Å²) >= 11 is 0. The zero-order valence-corrected chi connectivity index (χ0v) is 17.1. The van der Waals surface area contributed by atoms with E-state index in [9.17, 15) is 18.0 Å². The molecular weight excluding hydrogens is 433 g/mol. The minimum Gasteiger partial charge on any atom is -0.475 e. The van der Waals surface area contributed by atoms with Gasteiger partial charge in [-0.25, -0.2) is 4.79 Å². The van der Waals surface area contributed by atoms with Crippen molar-refractivity contribution in [1.29, 1.82) is 0 Å². The quantitative estimate of drug-likeness (QED) is 0.753. The second kappa shape index (κ2) is 10.1. The summed E-state index contributed by atoms with van der Waals surface area (Å²) in [5.41, 5.74) is 0.775. The average Bonchev–Trinajstić information content (AvgIpc) is 3.44. The van der Waals surface area contributed by atoms with E-state index in [-0.39, 0.29) is 17.6 Å². The molecule has 0 bridgehead atoms. The van der Waals surface area contributed by atoms with E-state index in [4.69, 9.17) is 23.8 Å². The van der Waals surface area contributed by atoms with Gasteiger partial charge in [0.05, 0.1) is 36.9 Å². The Morgan fingerprint density at radius 2 is 1.94 bits per heavy atom. The summed E-state index contributed by atoms with van der Waals surface area (Å²) < 4.78 is 49.0. The topological polar surface area (TPSA) is 102 Å². The lowest BCUT2D eigenvalue weighted by Crippen LogP contribution is -2.46. The molecule has 0 aliphatic carbocycles. The standard InChI is InChI=1S/C19H22N2O4.C2HF3O2/c22-18(17-5-3-11-23-17)21-9-6-19(7-10-21)12-16(14-25-19)24-13-15-4-1-2-8-20-15;3-2(4,5)1(6)7/h1-5,8,11,16H,6-7,9-10,12-14H2;(H,6,7). The molecule has 1 unspecified atom stereocenters. The van der Waals surface area contributed by atoms with Gasteiger partial charge in [0.25, 0.3) is 5.91 Å². The third kappa shape index (κ3) is 6.30. The maximum Gasteiger partial charge on any atom is 0.490 e. The van der Waals surface area contributed by atoms with Gasteiger partial charge in [-0.05, 0) is 37.1 Å². The van der Waals surface area contributed by atoms with Crippen molar-refractivity contribution in [3.05, 3.63) is 54.2 Å². The number of alkyl halides is 3. The van der Waals surface area contributed by atoms with Gasteiger partial charge in [0.2, 0.25) is 0 Å². The molecule has 11 heteroatoms. The highest BCUT2D eigenvalue weighted by molar-refractivity contribution is 5.91. The fraction of sp³-hybridized carbons (Fsp3) is 0.476. The van der Waals surface area contributed by atoms with Crippen molar-refractivity contribution in [2.45, 2.75) is 43.8 Å². The van der Waals surface area contributed by atoms with Crippen molar-refractivity contribution in [3.8, 4) is 0 Å². The Morgan fingerprint density at radius 1 is 1.22 bits per heavy atom. The second-order valence-electron chi connectivity index (χ2n) is 7.52. The molecule has 1 N–H and O–H groups in total. The summed E-state index contributed by atoms with van der Waals surface area (Å²) in [6.45, 7) is 2.49. The number of piperidine rings is 1. The molecule has 2 saturated heterocycles. The minimum atomic E-state index is -5.08. The number of aliphatic carboxylic acids is 1. The van der Waals surface area contributed by atoms with Crippen LogP contribution in [0.4, 0.5) is 13.2 Å². The third-order valence-corrected chi connectivity index (χ3v) is 5.30. The van der Waals surface area contributed by atoms with E-state index in [1.807, 2.05) is 23.1 Å². The molecule has 0 radical (unpaired) electrons. The maximum absolute atomic E-state index is 12.3. The molecule has 174 valence electrons. The first kappa shape index (κ1) is 23.7. The van der Waals surface area contributed by atoms with Gasteiger partial charge in [-0.15, -0.1) is 0 Å². The molecule has 2 aromatic rings. The molecule has 32 heavy (non-hydrogen) atoms. The smallest absolute Gasteiger partial charge is 0.475 e. The van der Waals surface area contributed by atoms with E-state index in [0.717, 1.165) is 25.0 Å². The molecule has 2 aliphatic heterocycles. The molecule has 0 saturated carbocycles. The number of hydrogen-bond donors (Lipinski definition) is 1. The van der Waals surface area contributed by atoms with E-state index in [2.05, 4.69) is 4.98 Å². The fourth-order valence-electron chi connectivity index (χ4n) is 3.62. The summed E-state index contributed by atoms with van der Waals surface area (Å²) in [4.78, 5) is 27.4. The summed E-state index contributed by atoms with van der Waals surface area (Å²) in [7, 11) is 0. The number of nitrogens with zero attached hydrogens (tertiary/aromatic N) is 2. The van der Waals surface area contributed by atoms with Crippen LogP contribution in [0.5, 0.6) is 0 Å². The summed E-state index contributed by atoms with van der Waals surface area (Å²) in [5.74, 6) is -2.40. The van der Waals surface area contributed by atoms with Gasteiger partial charge in [0, 0.05) is 25.7 Å². The molecule has 1 amide bonds. The van der Waals surface area contributed by atoms with Crippen LogP contribution in [0.2, 0.25) is 0 Å². The van der Waals surface area contributed by atoms with Gasteiger partial charge < -0.3 is 23.9 Å². The maximum atomic E-state index is 12.3. The number of likely N-dealkylation sites (tertiary alicyclic amines) is 1. The number of halogens is 3. The number of furan rings is 1. The largest absolute Gasteiger partial charge is 0.490 e. The van der Waals surface area contributed by atoms with Crippen LogP contribution in [-0.2, 0) is 20.9 Å². The van der Waals surface area contributed by atoms with Crippen LogP contribution in [0.1, 0.15) is 35.5 Å². The fourth-order valence-corrected chi connectivity index (χ4v) is 3.62. The van der Waals surface area contributed by atoms with Crippen LogP contribution in [-0.4, -0.2) is 64.4 Å². The Labute approximate surface area is 181 Å². The summed E-state index contributed by atoms with van der Waals surface area (Å²) in [6, 6.07) is 9.27. The first-order valence-electron chi connectivity index (χ1n) is 9.97. The molecule has 2 aromatic heterocycles. The van der Waals surface area contributed by atoms with Gasteiger partial charge in [0.15, 0.2) is 5.76 Å². The molecule has 4 heterocycles. The highest BCUT2D eigenvalue weighted by Gasteiger charge is 2.44. The number of aromatic nitrogens is 1. The van der Waals surface area contributed by atoms with Crippen LogP contribution >= 0.6 is 0 Å². The molecular formula is C21H23F3N2O6. The van der Waals surface area contributed by atoms with Gasteiger partial charge in [-0.2, -0.15) is 13.2 Å². The normalized spacial score (nSPS) is 20.0. The Balaban J connectivity index is 0.000000360. The molecule has 2 aliphatic rings. The Morgan fingerprint density at radius 3 is 2.50 bits per heavy atom. The molecule has 1 atom stereocenters. The Hall–Kier alpha value is -2.92. The SMILES string of the molecule is O=C(O)C(F)(F)F.O=C(c1ccco1)N1CCC2(CC1)CC(OCc1ccccn1)CO2. The van der Waals surface area contributed by atoms with Crippen molar-refractivity contribution in [2.75, 3.05) is 19.7 Å². The predicted octanol–water partition coefficient (Wildman–Crippen LogP) is 3.29. The number of hydrogen-bond acceptors (Lipinski definition) is 6.